The van der Waals surface area contributed by atoms with E-state index in [2.05, 4.69) is 6.58 Å². The number of allylic oxidation sites excluding steroid dienone is 1. The molecular formula is C10H15NO2. The average molecular weight is 181 g/mol. The largest absolute Gasteiger partial charge is 0.377 e. The van der Waals surface area contributed by atoms with Crippen molar-refractivity contribution in [3.8, 4) is 0 Å². The van der Waals surface area contributed by atoms with E-state index in [1.807, 2.05) is 13.8 Å². The lowest BCUT2D eigenvalue weighted by atomic mass is 10.4. The van der Waals surface area contributed by atoms with E-state index in [0.717, 1.165) is 5.70 Å². The maximum absolute atomic E-state index is 11.2. The molecule has 0 saturated heterocycles. The zero-order valence-electron chi connectivity index (χ0n) is 8.12. The van der Waals surface area contributed by atoms with E-state index >= 15 is 0 Å². The lowest BCUT2D eigenvalue weighted by Crippen LogP contribution is -2.28. The zero-order valence-corrected chi connectivity index (χ0v) is 8.12. The van der Waals surface area contributed by atoms with Gasteiger partial charge in [-0.3, -0.25) is 4.79 Å². The Morgan fingerprint density at radius 3 is 2.69 bits per heavy atom. The highest BCUT2D eigenvalue weighted by molar-refractivity contribution is 5.92. The van der Waals surface area contributed by atoms with Gasteiger partial charge in [0, 0.05) is 18.3 Å². The number of amides is 1. The van der Waals surface area contributed by atoms with Gasteiger partial charge in [-0.2, -0.15) is 0 Å². The van der Waals surface area contributed by atoms with Crippen LogP contribution in [0.1, 0.15) is 13.8 Å². The predicted octanol–water partition coefficient (Wildman–Crippen LogP) is 1.32. The fourth-order valence-corrected chi connectivity index (χ4v) is 1.12. The minimum atomic E-state index is -0.00245. The molecule has 0 atom stereocenters. The van der Waals surface area contributed by atoms with Gasteiger partial charge in [0.1, 0.15) is 0 Å². The Morgan fingerprint density at radius 2 is 2.23 bits per heavy atom. The molecule has 1 amide bonds. The molecule has 3 nitrogen and oxygen atoms in total. The van der Waals surface area contributed by atoms with E-state index in [9.17, 15) is 4.79 Å². The van der Waals surface area contributed by atoms with Gasteiger partial charge in [0.05, 0.1) is 12.7 Å². The summed E-state index contributed by atoms with van der Waals surface area (Å²) in [6, 6.07) is 0. The Bertz CT molecular complexity index is 225. The Balaban J connectivity index is 2.30. The van der Waals surface area contributed by atoms with Crippen molar-refractivity contribution in [3.05, 3.63) is 24.4 Å². The molecule has 1 heterocycles. The molecule has 0 saturated carbocycles. The molecule has 3 heteroatoms. The van der Waals surface area contributed by atoms with Crippen molar-refractivity contribution in [1.29, 1.82) is 0 Å². The van der Waals surface area contributed by atoms with Crippen LogP contribution in [0.5, 0.6) is 0 Å². The summed E-state index contributed by atoms with van der Waals surface area (Å²) >= 11 is 0. The fourth-order valence-electron chi connectivity index (χ4n) is 1.12. The molecule has 0 N–H and O–H groups in total. The van der Waals surface area contributed by atoms with Crippen molar-refractivity contribution >= 4 is 5.91 Å². The van der Waals surface area contributed by atoms with Crippen LogP contribution in [0.25, 0.3) is 0 Å². The Labute approximate surface area is 78.7 Å². The van der Waals surface area contributed by atoms with E-state index in [4.69, 9.17) is 4.74 Å². The van der Waals surface area contributed by atoms with Gasteiger partial charge in [-0.25, -0.2) is 0 Å². The summed E-state index contributed by atoms with van der Waals surface area (Å²) in [7, 11) is 0. The van der Waals surface area contributed by atoms with Crippen LogP contribution in [0, 0.1) is 0 Å². The number of ether oxygens (including phenoxy) is 1. The van der Waals surface area contributed by atoms with Crippen molar-refractivity contribution in [3.63, 3.8) is 0 Å². The molecule has 0 aromatic rings. The van der Waals surface area contributed by atoms with E-state index in [0.29, 0.717) is 13.2 Å². The van der Waals surface area contributed by atoms with Gasteiger partial charge in [-0.05, 0) is 19.9 Å². The number of carbonyl (C=O) groups is 1. The standard InChI is InChI=1S/C10H15NO2/c1-8(2)13-7-6-11-9(3)4-5-10(11)12/h4-5,8H,3,6-7H2,1-2H3. The molecule has 0 radical (unpaired) electrons. The summed E-state index contributed by atoms with van der Waals surface area (Å²) in [5.74, 6) is -0.00245. The number of carbonyl (C=O) groups excluding carboxylic acids is 1. The highest BCUT2D eigenvalue weighted by atomic mass is 16.5. The average Bonchev–Trinajstić information content (AvgIpc) is 2.34. The molecule has 1 aliphatic heterocycles. The summed E-state index contributed by atoms with van der Waals surface area (Å²) in [4.78, 5) is 12.8. The molecule has 0 unspecified atom stereocenters. The predicted molar refractivity (Wildman–Crippen MR) is 51.1 cm³/mol. The first-order valence-corrected chi connectivity index (χ1v) is 4.41. The van der Waals surface area contributed by atoms with Gasteiger partial charge in [0.15, 0.2) is 0 Å². The lowest BCUT2D eigenvalue weighted by molar-refractivity contribution is -0.124. The molecule has 72 valence electrons. The second-order valence-corrected chi connectivity index (χ2v) is 3.23. The van der Waals surface area contributed by atoms with Crippen LogP contribution >= 0.6 is 0 Å². The van der Waals surface area contributed by atoms with Crippen molar-refractivity contribution < 1.29 is 9.53 Å². The first-order chi connectivity index (χ1) is 6.11. The quantitative estimate of drug-likeness (QED) is 0.654. The zero-order chi connectivity index (χ0) is 9.84. The van der Waals surface area contributed by atoms with Crippen LogP contribution in [-0.2, 0) is 9.53 Å². The molecule has 1 aliphatic rings. The molecular weight excluding hydrogens is 166 g/mol. The lowest BCUT2D eigenvalue weighted by Gasteiger charge is -2.17. The van der Waals surface area contributed by atoms with Crippen LogP contribution in [0.15, 0.2) is 24.4 Å². The van der Waals surface area contributed by atoms with Gasteiger partial charge < -0.3 is 9.64 Å². The van der Waals surface area contributed by atoms with E-state index in [-0.39, 0.29) is 12.0 Å². The van der Waals surface area contributed by atoms with E-state index in [1.54, 1.807) is 11.0 Å². The monoisotopic (exact) mass is 181 g/mol. The van der Waals surface area contributed by atoms with Crippen molar-refractivity contribution in [2.45, 2.75) is 20.0 Å². The summed E-state index contributed by atoms with van der Waals surface area (Å²) in [6.07, 6.45) is 3.45. The second kappa shape index (κ2) is 4.23. The van der Waals surface area contributed by atoms with Crippen LogP contribution in [0.2, 0.25) is 0 Å². The van der Waals surface area contributed by atoms with Gasteiger partial charge >= 0.3 is 0 Å². The van der Waals surface area contributed by atoms with E-state index in [1.165, 1.54) is 6.08 Å². The SMILES string of the molecule is C=C1C=CC(=O)N1CCOC(C)C. The van der Waals surface area contributed by atoms with Crippen LogP contribution in [-0.4, -0.2) is 30.1 Å². The topological polar surface area (TPSA) is 29.5 Å². The molecule has 0 spiro atoms. The molecule has 0 fully saturated rings. The van der Waals surface area contributed by atoms with Crippen molar-refractivity contribution in [1.82, 2.24) is 4.90 Å². The van der Waals surface area contributed by atoms with Crippen LogP contribution < -0.4 is 0 Å². The highest BCUT2D eigenvalue weighted by Gasteiger charge is 2.17. The van der Waals surface area contributed by atoms with Gasteiger partial charge in [-0.1, -0.05) is 6.58 Å². The smallest absolute Gasteiger partial charge is 0.251 e. The molecule has 0 aliphatic carbocycles. The summed E-state index contributed by atoms with van der Waals surface area (Å²) in [5.41, 5.74) is 0.748. The maximum Gasteiger partial charge on any atom is 0.251 e. The van der Waals surface area contributed by atoms with Crippen molar-refractivity contribution in [2.75, 3.05) is 13.2 Å². The fraction of sp³-hybridized carbons (Fsp3) is 0.500. The van der Waals surface area contributed by atoms with Gasteiger partial charge in [0.2, 0.25) is 0 Å². The van der Waals surface area contributed by atoms with Gasteiger partial charge in [-0.15, -0.1) is 0 Å². The van der Waals surface area contributed by atoms with Gasteiger partial charge in [0.25, 0.3) is 5.91 Å². The Kier molecular flexibility index (Phi) is 3.25. The first-order valence-electron chi connectivity index (χ1n) is 4.41. The molecule has 0 aromatic carbocycles. The van der Waals surface area contributed by atoms with Crippen LogP contribution in [0.4, 0.5) is 0 Å². The van der Waals surface area contributed by atoms with E-state index < -0.39 is 0 Å². The third kappa shape index (κ3) is 2.70. The minimum absolute atomic E-state index is 0.00245. The second-order valence-electron chi connectivity index (χ2n) is 3.23. The molecule has 0 aromatic heterocycles. The number of nitrogens with zero attached hydrogens (tertiary/aromatic N) is 1. The third-order valence-corrected chi connectivity index (χ3v) is 1.80. The number of rotatable bonds is 4. The number of hydrogen-bond donors (Lipinski definition) is 0. The maximum atomic E-state index is 11.2. The minimum Gasteiger partial charge on any atom is -0.377 e. The summed E-state index contributed by atoms with van der Waals surface area (Å²) in [5, 5.41) is 0. The van der Waals surface area contributed by atoms with Crippen molar-refractivity contribution in [2.24, 2.45) is 0 Å². The number of hydrogen-bond acceptors (Lipinski definition) is 2. The van der Waals surface area contributed by atoms with Crippen LogP contribution in [0.3, 0.4) is 0 Å². The Hall–Kier alpha value is -1.09. The normalized spacial score (nSPS) is 16.4. The Morgan fingerprint density at radius 1 is 1.54 bits per heavy atom. The summed E-state index contributed by atoms with van der Waals surface area (Å²) < 4.78 is 5.34. The molecule has 0 bridgehead atoms. The first kappa shape index (κ1) is 9.99. The summed E-state index contributed by atoms with van der Waals surface area (Å²) in [6.45, 7) is 8.83. The molecule has 13 heavy (non-hydrogen) atoms. The molecule has 1 rings (SSSR count). The third-order valence-electron chi connectivity index (χ3n) is 1.80. The highest BCUT2D eigenvalue weighted by Crippen LogP contribution is 2.11.